The van der Waals surface area contributed by atoms with Crippen molar-refractivity contribution in [2.45, 2.75) is 26.8 Å². The zero-order valence-corrected chi connectivity index (χ0v) is 24.2. The van der Waals surface area contributed by atoms with E-state index in [1.54, 1.807) is 23.6 Å². The Hall–Kier alpha value is -3.83. The monoisotopic (exact) mass is 566 g/mol. The Kier molecular flexibility index (Phi) is 8.13. The second kappa shape index (κ2) is 11.7. The summed E-state index contributed by atoms with van der Waals surface area (Å²) in [4.78, 5) is 36.5. The van der Waals surface area contributed by atoms with Crippen LogP contribution >= 0.6 is 11.3 Å². The van der Waals surface area contributed by atoms with Crippen LogP contribution in [0.5, 0.6) is 11.5 Å². The molecule has 0 aliphatic carbocycles. The number of hydrogen-bond donors (Lipinski definition) is 0. The number of anilines is 1. The van der Waals surface area contributed by atoms with Gasteiger partial charge < -0.3 is 28.4 Å². The van der Waals surface area contributed by atoms with Crippen LogP contribution in [-0.4, -0.2) is 69.0 Å². The lowest BCUT2D eigenvalue weighted by molar-refractivity contribution is -0.136. The number of methoxy groups -OCH3 is 1. The maximum Gasteiger partial charge on any atom is 0.338 e. The van der Waals surface area contributed by atoms with E-state index in [-0.39, 0.29) is 5.56 Å². The van der Waals surface area contributed by atoms with Gasteiger partial charge in [-0.15, -0.1) is 0 Å². The van der Waals surface area contributed by atoms with Crippen molar-refractivity contribution in [1.29, 1.82) is 0 Å². The third-order valence-electron chi connectivity index (χ3n) is 7.01. The molecule has 3 aromatic rings. The van der Waals surface area contributed by atoms with Crippen molar-refractivity contribution < 1.29 is 23.4 Å². The Balaban J connectivity index is 1.60. The molecule has 11 heteroatoms. The summed E-state index contributed by atoms with van der Waals surface area (Å²) in [5.74, 6) is 1.95. The summed E-state index contributed by atoms with van der Waals surface area (Å²) in [5, 5.41) is 0. The molecule has 1 saturated heterocycles. The fourth-order valence-corrected chi connectivity index (χ4v) is 6.02. The second-order valence-electron chi connectivity index (χ2n) is 9.61. The van der Waals surface area contributed by atoms with E-state index >= 15 is 0 Å². The van der Waals surface area contributed by atoms with E-state index < -0.39 is 12.0 Å². The number of carbonyl (C=O) groups is 1. The molecule has 1 atom stereocenters. The van der Waals surface area contributed by atoms with Gasteiger partial charge in [-0.25, -0.2) is 9.79 Å². The third-order valence-corrected chi connectivity index (χ3v) is 7.99. The van der Waals surface area contributed by atoms with Crippen molar-refractivity contribution in [1.82, 2.24) is 9.47 Å². The number of rotatable bonds is 8. The number of allylic oxidation sites excluding steroid dienone is 1. The molecule has 0 spiro atoms. The number of piperazine rings is 1. The molecule has 0 bridgehead atoms. The summed E-state index contributed by atoms with van der Waals surface area (Å²) < 4.78 is 24.8. The number of nitrogens with zero attached hydrogens (tertiary/aromatic N) is 4. The Morgan fingerprint density at radius 2 is 1.82 bits per heavy atom. The number of furan rings is 1. The number of likely N-dealkylation sites (N-methyl/N-ethyl adjacent to an activating group) is 1. The topological polar surface area (TPSA) is 98.7 Å². The lowest BCUT2D eigenvalue weighted by Crippen LogP contribution is -2.44. The van der Waals surface area contributed by atoms with Crippen LogP contribution in [0.25, 0.3) is 6.08 Å². The maximum absolute atomic E-state index is 13.9. The lowest BCUT2D eigenvalue weighted by Gasteiger charge is -2.32. The number of ether oxygens (including phenoxy) is 3. The Morgan fingerprint density at radius 1 is 1.10 bits per heavy atom. The van der Waals surface area contributed by atoms with Gasteiger partial charge in [0.15, 0.2) is 22.2 Å². The van der Waals surface area contributed by atoms with Gasteiger partial charge in [0.25, 0.3) is 5.56 Å². The van der Waals surface area contributed by atoms with Crippen molar-refractivity contribution in [3.8, 4) is 11.5 Å². The average molecular weight is 567 g/mol. The van der Waals surface area contributed by atoms with Crippen LogP contribution in [0.15, 0.2) is 55.8 Å². The summed E-state index contributed by atoms with van der Waals surface area (Å²) in [7, 11) is 3.43. The van der Waals surface area contributed by atoms with Crippen LogP contribution in [0, 0.1) is 0 Å². The molecular formula is C29H34N4O6S. The molecule has 40 heavy (non-hydrogen) atoms. The number of aromatic nitrogens is 1. The number of thiazole rings is 1. The number of esters is 1. The molecule has 4 heterocycles. The van der Waals surface area contributed by atoms with Crippen LogP contribution in [0.4, 0.5) is 5.88 Å². The molecule has 2 aliphatic rings. The normalized spacial score (nSPS) is 18.0. The minimum absolute atomic E-state index is 0.271. The summed E-state index contributed by atoms with van der Waals surface area (Å²) in [6.45, 7) is 10.1. The molecule has 0 radical (unpaired) electrons. The number of carbonyl (C=O) groups excluding carboxylic acids is 1. The predicted octanol–water partition coefficient (Wildman–Crippen LogP) is 2.55. The molecule has 2 aliphatic heterocycles. The van der Waals surface area contributed by atoms with Crippen molar-refractivity contribution in [2.75, 3.05) is 58.5 Å². The quantitative estimate of drug-likeness (QED) is 0.384. The highest BCUT2D eigenvalue weighted by molar-refractivity contribution is 7.07. The molecule has 212 valence electrons. The Bertz CT molecular complexity index is 1610. The van der Waals surface area contributed by atoms with Gasteiger partial charge in [0.05, 0.1) is 42.2 Å². The van der Waals surface area contributed by atoms with Gasteiger partial charge in [-0.2, -0.15) is 0 Å². The molecule has 5 rings (SSSR count). The minimum Gasteiger partial charge on any atom is -0.490 e. The van der Waals surface area contributed by atoms with Crippen LogP contribution in [0.3, 0.4) is 0 Å². The third kappa shape index (κ3) is 5.31. The smallest absolute Gasteiger partial charge is 0.338 e. The van der Waals surface area contributed by atoms with Crippen LogP contribution in [0.2, 0.25) is 0 Å². The van der Waals surface area contributed by atoms with Crippen LogP contribution in [0.1, 0.15) is 38.1 Å². The first-order chi connectivity index (χ1) is 19.3. The highest BCUT2D eigenvalue weighted by atomic mass is 32.1. The highest BCUT2D eigenvalue weighted by Crippen LogP contribution is 2.36. The number of benzene rings is 1. The fraction of sp³-hybridized carbons (Fsp3) is 0.414. The average Bonchev–Trinajstić information content (AvgIpc) is 3.53. The zero-order chi connectivity index (χ0) is 28.4. The standard InChI is InChI=1S/C29H34N4O6S/c1-6-37-21-10-8-19(16-22(21)38-7-2)26-25(28(35)36-5)18(3)30-29-33(26)27(34)23(40-29)17-20-9-11-24(39-20)32-14-12-31(4)13-15-32/h8-11,16-17,26H,6-7,12-15H2,1-5H3. The first-order valence-corrected chi connectivity index (χ1v) is 14.2. The molecule has 1 fully saturated rings. The fourth-order valence-electron chi connectivity index (χ4n) is 4.99. The van der Waals surface area contributed by atoms with Gasteiger partial charge in [-0.1, -0.05) is 17.4 Å². The van der Waals surface area contributed by atoms with Crippen molar-refractivity contribution in [2.24, 2.45) is 4.99 Å². The first kappa shape index (κ1) is 27.7. The molecule has 2 aromatic heterocycles. The molecule has 1 aromatic carbocycles. The minimum atomic E-state index is -0.752. The van der Waals surface area contributed by atoms with E-state index in [0.717, 1.165) is 32.1 Å². The summed E-state index contributed by atoms with van der Waals surface area (Å²) in [6.07, 6.45) is 1.74. The molecule has 0 saturated carbocycles. The van der Waals surface area contributed by atoms with Gasteiger partial charge in [0.1, 0.15) is 5.76 Å². The molecule has 0 N–H and O–H groups in total. The maximum atomic E-state index is 13.9. The van der Waals surface area contributed by atoms with Gasteiger partial charge >= 0.3 is 5.97 Å². The van der Waals surface area contributed by atoms with Crippen LogP contribution in [-0.2, 0) is 9.53 Å². The summed E-state index contributed by atoms with van der Waals surface area (Å²) in [6, 6.07) is 8.50. The predicted molar refractivity (Wildman–Crippen MR) is 153 cm³/mol. The molecular weight excluding hydrogens is 532 g/mol. The van der Waals surface area contributed by atoms with Crippen LogP contribution < -0.4 is 29.3 Å². The molecule has 0 amide bonds. The van der Waals surface area contributed by atoms with Crippen molar-refractivity contribution in [3.05, 3.63) is 72.6 Å². The number of hydrogen-bond acceptors (Lipinski definition) is 10. The van der Waals surface area contributed by atoms with E-state index in [9.17, 15) is 9.59 Å². The SMILES string of the molecule is CCOc1ccc(C2C(C(=O)OC)=C(C)N=c3sc(=Cc4ccc(N5CCN(C)CC5)o4)c(=O)n32)cc1OCC. The Labute approximate surface area is 236 Å². The van der Waals surface area contributed by atoms with Gasteiger partial charge in [-0.3, -0.25) is 9.36 Å². The van der Waals surface area contributed by atoms with E-state index in [0.29, 0.717) is 56.6 Å². The molecule has 1 unspecified atom stereocenters. The lowest BCUT2D eigenvalue weighted by atomic mass is 9.95. The van der Waals surface area contributed by atoms with Crippen molar-refractivity contribution in [3.63, 3.8) is 0 Å². The van der Waals surface area contributed by atoms with Gasteiger partial charge in [0, 0.05) is 38.3 Å². The van der Waals surface area contributed by atoms with E-state index in [1.807, 2.05) is 38.1 Å². The Morgan fingerprint density at radius 3 is 2.52 bits per heavy atom. The second-order valence-corrected chi connectivity index (χ2v) is 10.6. The summed E-state index contributed by atoms with van der Waals surface area (Å²) >= 11 is 1.26. The molecule has 10 nitrogen and oxygen atoms in total. The van der Waals surface area contributed by atoms with Gasteiger partial charge in [0.2, 0.25) is 0 Å². The van der Waals surface area contributed by atoms with E-state index in [4.69, 9.17) is 18.6 Å². The largest absolute Gasteiger partial charge is 0.490 e. The van der Waals surface area contributed by atoms with E-state index in [2.05, 4.69) is 21.8 Å². The highest BCUT2D eigenvalue weighted by Gasteiger charge is 2.33. The van der Waals surface area contributed by atoms with E-state index in [1.165, 1.54) is 18.4 Å². The van der Waals surface area contributed by atoms with Gasteiger partial charge in [-0.05, 0) is 51.6 Å². The zero-order valence-electron chi connectivity index (χ0n) is 23.4. The summed E-state index contributed by atoms with van der Waals surface area (Å²) in [5.41, 5.74) is 1.20. The number of fused-ring (bicyclic) bond motifs is 1. The first-order valence-electron chi connectivity index (χ1n) is 13.4. The van der Waals surface area contributed by atoms with Crippen molar-refractivity contribution >= 4 is 29.3 Å².